The lowest BCUT2D eigenvalue weighted by atomic mass is 10.2. The van der Waals surface area contributed by atoms with Crippen LogP contribution in [0.15, 0.2) is 6.20 Å². The first-order valence-corrected chi connectivity index (χ1v) is 6.54. The number of anilines is 2. The molecule has 2 aromatic heterocycles. The second-order valence-electron chi connectivity index (χ2n) is 4.19. The highest BCUT2D eigenvalue weighted by molar-refractivity contribution is 5.86. The molecule has 2 aromatic rings. The van der Waals surface area contributed by atoms with Crippen molar-refractivity contribution in [2.45, 2.75) is 33.1 Å². The largest absolute Gasteiger partial charge is 0.369 e. The Bertz CT molecular complexity index is 492. The van der Waals surface area contributed by atoms with Gasteiger partial charge in [-0.3, -0.25) is 5.10 Å². The van der Waals surface area contributed by atoms with Crippen molar-refractivity contribution >= 4 is 22.8 Å². The molecule has 0 bridgehead atoms. The van der Waals surface area contributed by atoms with Gasteiger partial charge in [0.15, 0.2) is 5.65 Å². The zero-order valence-electron chi connectivity index (χ0n) is 11.0. The Morgan fingerprint density at radius 1 is 1.17 bits per heavy atom. The summed E-state index contributed by atoms with van der Waals surface area (Å²) < 4.78 is 0. The molecule has 0 saturated carbocycles. The highest BCUT2D eigenvalue weighted by Crippen LogP contribution is 2.19. The Morgan fingerprint density at radius 2 is 2.06 bits per heavy atom. The second-order valence-corrected chi connectivity index (χ2v) is 4.19. The lowest BCUT2D eigenvalue weighted by Gasteiger charge is -2.08. The molecule has 0 spiro atoms. The molecule has 98 valence electrons. The standard InChI is InChI=1S/C12H20N6/c1-3-5-6-7-14-10-9-8-15-18-11(9)17-12(16-10)13-4-2/h8H,3-7H2,1-2H3,(H3,13,14,15,16,17,18). The average molecular weight is 248 g/mol. The zero-order chi connectivity index (χ0) is 12.8. The third-order valence-corrected chi connectivity index (χ3v) is 2.72. The van der Waals surface area contributed by atoms with Gasteiger partial charge in [-0.15, -0.1) is 0 Å². The topological polar surface area (TPSA) is 78.5 Å². The van der Waals surface area contributed by atoms with E-state index in [-0.39, 0.29) is 0 Å². The van der Waals surface area contributed by atoms with Gasteiger partial charge >= 0.3 is 0 Å². The molecule has 0 amide bonds. The van der Waals surface area contributed by atoms with Crippen molar-refractivity contribution in [2.75, 3.05) is 23.7 Å². The molecule has 2 rings (SSSR count). The van der Waals surface area contributed by atoms with E-state index in [1.54, 1.807) is 6.20 Å². The highest BCUT2D eigenvalue weighted by atomic mass is 15.2. The fourth-order valence-electron chi connectivity index (χ4n) is 1.79. The van der Waals surface area contributed by atoms with Crippen molar-refractivity contribution in [2.24, 2.45) is 0 Å². The van der Waals surface area contributed by atoms with Gasteiger partial charge in [-0.2, -0.15) is 15.1 Å². The maximum atomic E-state index is 4.47. The van der Waals surface area contributed by atoms with Gasteiger partial charge < -0.3 is 10.6 Å². The number of nitrogens with zero attached hydrogens (tertiary/aromatic N) is 3. The summed E-state index contributed by atoms with van der Waals surface area (Å²) in [5.74, 6) is 1.48. The Hall–Kier alpha value is -1.85. The number of hydrogen-bond acceptors (Lipinski definition) is 5. The molecule has 0 saturated heterocycles. The van der Waals surface area contributed by atoms with Crippen LogP contribution in [0, 0.1) is 0 Å². The minimum atomic E-state index is 0.632. The van der Waals surface area contributed by atoms with Gasteiger partial charge in [-0.05, 0) is 13.3 Å². The first-order valence-electron chi connectivity index (χ1n) is 6.54. The van der Waals surface area contributed by atoms with Crippen molar-refractivity contribution in [3.05, 3.63) is 6.20 Å². The molecule has 6 heteroatoms. The number of fused-ring (bicyclic) bond motifs is 1. The fourth-order valence-corrected chi connectivity index (χ4v) is 1.79. The molecule has 0 unspecified atom stereocenters. The SMILES string of the molecule is CCCCCNc1nc(NCC)nc2[nH]ncc12. The third kappa shape index (κ3) is 2.88. The van der Waals surface area contributed by atoms with E-state index in [0.29, 0.717) is 5.95 Å². The van der Waals surface area contributed by atoms with Crippen LogP contribution >= 0.6 is 0 Å². The molecule has 3 N–H and O–H groups in total. The molecule has 0 aliphatic heterocycles. The number of hydrogen-bond donors (Lipinski definition) is 3. The molecule has 0 aromatic carbocycles. The fraction of sp³-hybridized carbons (Fsp3) is 0.583. The number of rotatable bonds is 7. The molecule has 6 nitrogen and oxygen atoms in total. The van der Waals surface area contributed by atoms with Gasteiger partial charge in [-0.1, -0.05) is 19.8 Å². The third-order valence-electron chi connectivity index (χ3n) is 2.72. The first-order chi connectivity index (χ1) is 8.85. The van der Waals surface area contributed by atoms with Crippen LogP contribution in [-0.2, 0) is 0 Å². The molecule has 0 radical (unpaired) electrons. The summed E-state index contributed by atoms with van der Waals surface area (Å²) in [4.78, 5) is 8.82. The minimum Gasteiger partial charge on any atom is -0.369 e. The molecular formula is C12H20N6. The van der Waals surface area contributed by atoms with Crippen molar-refractivity contribution < 1.29 is 0 Å². The monoisotopic (exact) mass is 248 g/mol. The average Bonchev–Trinajstić information content (AvgIpc) is 2.83. The number of aromatic amines is 1. The van der Waals surface area contributed by atoms with Crippen molar-refractivity contribution in [3.8, 4) is 0 Å². The molecular weight excluding hydrogens is 228 g/mol. The maximum absolute atomic E-state index is 4.47. The van der Waals surface area contributed by atoms with Gasteiger partial charge in [0.05, 0.1) is 11.6 Å². The molecule has 0 atom stereocenters. The predicted molar refractivity (Wildman–Crippen MR) is 73.9 cm³/mol. The van der Waals surface area contributed by atoms with E-state index in [1.165, 1.54) is 12.8 Å². The Morgan fingerprint density at radius 3 is 2.83 bits per heavy atom. The summed E-state index contributed by atoms with van der Waals surface area (Å²) in [6.07, 6.45) is 5.35. The molecule has 0 aliphatic rings. The van der Waals surface area contributed by atoms with E-state index in [4.69, 9.17) is 0 Å². The smallest absolute Gasteiger partial charge is 0.226 e. The quantitative estimate of drug-likeness (QED) is 0.656. The number of H-pyrrole nitrogens is 1. The van der Waals surface area contributed by atoms with Gasteiger partial charge in [0.1, 0.15) is 5.82 Å². The first kappa shape index (κ1) is 12.6. The van der Waals surface area contributed by atoms with Gasteiger partial charge in [0.2, 0.25) is 5.95 Å². The number of nitrogens with one attached hydrogen (secondary N) is 3. The Kier molecular flexibility index (Phi) is 4.33. The maximum Gasteiger partial charge on any atom is 0.226 e. The Balaban J connectivity index is 2.15. The highest BCUT2D eigenvalue weighted by Gasteiger charge is 2.08. The van der Waals surface area contributed by atoms with Gasteiger partial charge in [0.25, 0.3) is 0 Å². The van der Waals surface area contributed by atoms with Crippen molar-refractivity contribution in [1.82, 2.24) is 20.2 Å². The van der Waals surface area contributed by atoms with Crippen LogP contribution in [0.5, 0.6) is 0 Å². The normalized spacial score (nSPS) is 10.8. The number of unbranched alkanes of at least 4 members (excludes halogenated alkanes) is 2. The lowest BCUT2D eigenvalue weighted by Crippen LogP contribution is -2.08. The molecule has 0 aliphatic carbocycles. The molecule has 18 heavy (non-hydrogen) atoms. The van der Waals surface area contributed by atoms with E-state index >= 15 is 0 Å². The van der Waals surface area contributed by atoms with E-state index in [0.717, 1.165) is 36.4 Å². The van der Waals surface area contributed by atoms with Crippen LogP contribution in [0.25, 0.3) is 11.0 Å². The summed E-state index contributed by atoms with van der Waals surface area (Å²) in [6, 6.07) is 0. The summed E-state index contributed by atoms with van der Waals surface area (Å²) in [6.45, 7) is 5.95. The molecule has 0 fully saturated rings. The predicted octanol–water partition coefficient (Wildman–Crippen LogP) is 2.39. The summed E-state index contributed by atoms with van der Waals surface area (Å²) in [5.41, 5.74) is 0.763. The van der Waals surface area contributed by atoms with Crippen LogP contribution in [0.2, 0.25) is 0 Å². The Labute approximate surface area is 107 Å². The van der Waals surface area contributed by atoms with Gasteiger partial charge in [-0.25, -0.2) is 0 Å². The minimum absolute atomic E-state index is 0.632. The van der Waals surface area contributed by atoms with Gasteiger partial charge in [0, 0.05) is 13.1 Å². The zero-order valence-corrected chi connectivity index (χ0v) is 11.0. The van der Waals surface area contributed by atoms with Crippen molar-refractivity contribution in [1.29, 1.82) is 0 Å². The number of aromatic nitrogens is 4. The van der Waals surface area contributed by atoms with Crippen LogP contribution in [-0.4, -0.2) is 33.3 Å². The van der Waals surface area contributed by atoms with E-state index in [1.807, 2.05) is 6.92 Å². The van der Waals surface area contributed by atoms with E-state index < -0.39 is 0 Å². The van der Waals surface area contributed by atoms with Crippen LogP contribution in [0.1, 0.15) is 33.1 Å². The van der Waals surface area contributed by atoms with E-state index in [9.17, 15) is 0 Å². The lowest BCUT2D eigenvalue weighted by molar-refractivity contribution is 0.742. The van der Waals surface area contributed by atoms with Crippen molar-refractivity contribution in [3.63, 3.8) is 0 Å². The van der Waals surface area contributed by atoms with E-state index in [2.05, 4.69) is 37.7 Å². The second kappa shape index (κ2) is 6.18. The summed E-state index contributed by atoms with van der Waals surface area (Å²) >= 11 is 0. The summed E-state index contributed by atoms with van der Waals surface area (Å²) in [5, 5.41) is 14.3. The molecule has 2 heterocycles. The summed E-state index contributed by atoms with van der Waals surface area (Å²) in [7, 11) is 0. The van der Waals surface area contributed by atoms with Crippen LogP contribution in [0.4, 0.5) is 11.8 Å². The van der Waals surface area contributed by atoms with Crippen LogP contribution in [0.3, 0.4) is 0 Å². The van der Waals surface area contributed by atoms with Crippen LogP contribution < -0.4 is 10.6 Å².